The van der Waals surface area contributed by atoms with Gasteiger partial charge in [0.05, 0.1) is 12.0 Å². The van der Waals surface area contributed by atoms with E-state index in [2.05, 4.69) is 12.2 Å². The smallest absolute Gasteiger partial charge is 0.182 e. The lowest BCUT2D eigenvalue weighted by atomic mass is 10.1. The Morgan fingerprint density at radius 1 is 1.30 bits per heavy atom. The summed E-state index contributed by atoms with van der Waals surface area (Å²) in [5.41, 5.74) is 6.30. The van der Waals surface area contributed by atoms with Crippen molar-refractivity contribution in [1.82, 2.24) is 0 Å². The molecule has 1 heterocycles. The second kappa shape index (κ2) is 5.58. The molecular formula is C14H14F2N2OS. The third kappa shape index (κ3) is 2.65. The highest BCUT2D eigenvalue weighted by atomic mass is 32.1. The highest BCUT2D eigenvalue weighted by Crippen LogP contribution is 2.25. The summed E-state index contributed by atoms with van der Waals surface area (Å²) in [5.74, 6) is -1.23. The molecule has 1 aromatic heterocycles. The molecule has 0 saturated carbocycles. The first-order chi connectivity index (χ1) is 9.41. The quantitative estimate of drug-likeness (QED) is 0.880. The Morgan fingerprint density at radius 3 is 2.55 bits per heavy atom. The van der Waals surface area contributed by atoms with Gasteiger partial charge in [-0.3, -0.25) is 0 Å². The SMILES string of the molecule is Cc1occc1CN(C)c1ccc(C(N)=S)c(F)c1F. The van der Waals surface area contributed by atoms with Crippen molar-refractivity contribution in [2.24, 2.45) is 5.73 Å². The number of hydrogen-bond donors (Lipinski definition) is 1. The van der Waals surface area contributed by atoms with Crippen LogP contribution in [0.5, 0.6) is 0 Å². The maximum absolute atomic E-state index is 14.0. The minimum Gasteiger partial charge on any atom is -0.469 e. The number of halogens is 2. The molecule has 106 valence electrons. The van der Waals surface area contributed by atoms with Crippen LogP contribution in [0.1, 0.15) is 16.9 Å². The fourth-order valence-electron chi connectivity index (χ4n) is 1.94. The zero-order valence-corrected chi connectivity index (χ0v) is 11.9. The summed E-state index contributed by atoms with van der Waals surface area (Å²) in [5, 5.41) is 0. The second-order valence-electron chi connectivity index (χ2n) is 4.48. The van der Waals surface area contributed by atoms with Crippen LogP contribution in [0.15, 0.2) is 28.9 Å². The summed E-state index contributed by atoms with van der Waals surface area (Å²) >= 11 is 4.67. The third-order valence-electron chi connectivity index (χ3n) is 3.11. The average molecular weight is 296 g/mol. The monoisotopic (exact) mass is 296 g/mol. The van der Waals surface area contributed by atoms with Crippen LogP contribution in [-0.4, -0.2) is 12.0 Å². The van der Waals surface area contributed by atoms with Crippen LogP contribution in [0.25, 0.3) is 0 Å². The Labute approximate surface area is 121 Å². The number of rotatable bonds is 4. The van der Waals surface area contributed by atoms with E-state index in [1.165, 1.54) is 12.1 Å². The number of nitrogens with zero attached hydrogens (tertiary/aromatic N) is 1. The van der Waals surface area contributed by atoms with Gasteiger partial charge in [0.1, 0.15) is 10.7 Å². The molecule has 0 bridgehead atoms. The van der Waals surface area contributed by atoms with Gasteiger partial charge in [-0.15, -0.1) is 0 Å². The Kier molecular flexibility index (Phi) is 4.04. The van der Waals surface area contributed by atoms with Gasteiger partial charge in [-0.05, 0) is 25.1 Å². The summed E-state index contributed by atoms with van der Waals surface area (Å²) in [6.45, 7) is 2.22. The van der Waals surface area contributed by atoms with E-state index in [0.29, 0.717) is 6.54 Å². The van der Waals surface area contributed by atoms with Crippen molar-refractivity contribution >= 4 is 22.9 Å². The predicted octanol–water partition coefficient (Wildman–Crippen LogP) is 3.14. The van der Waals surface area contributed by atoms with Crippen molar-refractivity contribution in [2.45, 2.75) is 13.5 Å². The van der Waals surface area contributed by atoms with E-state index >= 15 is 0 Å². The standard InChI is InChI=1S/C14H14F2N2OS/c1-8-9(5-6-19-8)7-18(2)11-4-3-10(14(17)20)12(15)13(11)16/h3-6H,7H2,1-2H3,(H2,17,20). The van der Waals surface area contributed by atoms with Crippen molar-refractivity contribution in [3.05, 3.63) is 53.0 Å². The van der Waals surface area contributed by atoms with Gasteiger partial charge in [-0.2, -0.15) is 0 Å². The lowest BCUT2D eigenvalue weighted by molar-refractivity contribution is 0.505. The number of aryl methyl sites for hydroxylation is 1. The van der Waals surface area contributed by atoms with E-state index < -0.39 is 11.6 Å². The minimum absolute atomic E-state index is 0.0888. The van der Waals surface area contributed by atoms with E-state index in [1.807, 2.05) is 6.92 Å². The van der Waals surface area contributed by atoms with Crippen molar-refractivity contribution in [3.63, 3.8) is 0 Å². The van der Waals surface area contributed by atoms with Gasteiger partial charge in [0.2, 0.25) is 0 Å². The summed E-state index contributed by atoms with van der Waals surface area (Å²) in [7, 11) is 1.67. The summed E-state index contributed by atoms with van der Waals surface area (Å²) < 4.78 is 33.1. The molecule has 2 N–H and O–H groups in total. The predicted molar refractivity (Wildman–Crippen MR) is 77.8 cm³/mol. The van der Waals surface area contributed by atoms with Crippen LogP contribution < -0.4 is 10.6 Å². The van der Waals surface area contributed by atoms with E-state index in [0.717, 1.165) is 11.3 Å². The molecular weight excluding hydrogens is 282 g/mol. The fourth-order valence-corrected chi connectivity index (χ4v) is 2.10. The maximum atomic E-state index is 14.0. The van der Waals surface area contributed by atoms with E-state index in [4.69, 9.17) is 10.2 Å². The minimum atomic E-state index is -1.02. The number of nitrogens with two attached hydrogens (primary N) is 1. The molecule has 0 unspecified atom stereocenters. The van der Waals surface area contributed by atoms with Gasteiger partial charge in [0.15, 0.2) is 11.6 Å². The molecule has 0 amide bonds. The molecule has 2 rings (SSSR count). The Balaban J connectivity index is 2.31. The molecule has 0 fully saturated rings. The van der Waals surface area contributed by atoms with Gasteiger partial charge in [0.25, 0.3) is 0 Å². The van der Waals surface area contributed by atoms with Gasteiger partial charge in [-0.1, -0.05) is 12.2 Å². The summed E-state index contributed by atoms with van der Waals surface area (Å²) in [6.07, 6.45) is 1.56. The van der Waals surface area contributed by atoms with Crippen LogP contribution in [0.3, 0.4) is 0 Å². The third-order valence-corrected chi connectivity index (χ3v) is 3.33. The number of furan rings is 1. The van der Waals surface area contributed by atoms with Gasteiger partial charge < -0.3 is 15.1 Å². The van der Waals surface area contributed by atoms with Crippen molar-refractivity contribution in [3.8, 4) is 0 Å². The van der Waals surface area contributed by atoms with Crippen LogP contribution >= 0.6 is 12.2 Å². The molecule has 0 aliphatic rings. The first-order valence-corrected chi connectivity index (χ1v) is 6.34. The number of thiocarbonyl (C=S) groups is 1. The highest BCUT2D eigenvalue weighted by Gasteiger charge is 2.18. The van der Waals surface area contributed by atoms with Gasteiger partial charge >= 0.3 is 0 Å². The van der Waals surface area contributed by atoms with Crippen molar-refractivity contribution in [2.75, 3.05) is 11.9 Å². The summed E-state index contributed by atoms with van der Waals surface area (Å²) in [6, 6.07) is 4.64. The largest absolute Gasteiger partial charge is 0.469 e. The second-order valence-corrected chi connectivity index (χ2v) is 4.92. The normalized spacial score (nSPS) is 10.6. The van der Waals surface area contributed by atoms with Gasteiger partial charge in [-0.25, -0.2) is 8.78 Å². The Morgan fingerprint density at radius 2 is 2.00 bits per heavy atom. The van der Waals surface area contributed by atoms with Gasteiger partial charge in [0, 0.05) is 24.7 Å². The van der Waals surface area contributed by atoms with Crippen LogP contribution in [-0.2, 0) is 6.54 Å². The molecule has 6 heteroatoms. The molecule has 1 aromatic carbocycles. The highest BCUT2D eigenvalue weighted by molar-refractivity contribution is 7.80. The molecule has 3 nitrogen and oxygen atoms in total. The van der Waals surface area contributed by atoms with Crippen molar-refractivity contribution in [1.29, 1.82) is 0 Å². The van der Waals surface area contributed by atoms with Crippen LogP contribution in [0, 0.1) is 18.6 Å². The number of benzene rings is 1. The molecule has 2 aromatic rings. The molecule has 0 spiro atoms. The van der Waals surface area contributed by atoms with Crippen molar-refractivity contribution < 1.29 is 13.2 Å². The molecule has 0 radical (unpaired) electrons. The lowest BCUT2D eigenvalue weighted by Crippen LogP contribution is -2.20. The fraction of sp³-hybridized carbons (Fsp3) is 0.214. The molecule has 0 aliphatic carbocycles. The zero-order valence-electron chi connectivity index (χ0n) is 11.1. The van der Waals surface area contributed by atoms with E-state index in [-0.39, 0.29) is 16.2 Å². The average Bonchev–Trinajstić information content (AvgIpc) is 2.77. The molecule has 0 saturated heterocycles. The number of anilines is 1. The van der Waals surface area contributed by atoms with Crippen LogP contribution in [0.4, 0.5) is 14.5 Å². The molecule has 20 heavy (non-hydrogen) atoms. The summed E-state index contributed by atoms with van der Waals surface area (Å²) in [4.78, 5) is 1.43. The lowest BCUT2D eigenvalue weighted by Gasteiger charge is -2.20. The Hall–Kier alpha value is -1.95. The number of hydrogen-bond acceptors (Lipinski definition) is 3. The van der Waals surface area contributed by atoms with E-state index in [9.17, 15) is 8.78 Å². The topological polar surface area (TPSA) is 42.4 Å². The first-order valence-electron chi connectivity index (χ1n) is 5.93. The Bertz CT molecular complexity index is 655. The zero-order chi connectivity index (χ0) is 14.9. The van der Waals surface area contributed by atoms with Crippen LogP contribution in [0.2, 0.25) is 0 Å². The maximum Gasteiger partial charge on any atom is 0.182 e. The molecule has 0 atom stereocenters. The molecule has 0 aliphatic heterocycles. The first kappa shape index (κ1) is 14.5. The van der Waals surface area contributed by atoms with E-state index in [1.54, 1.807) is 24.3 Å².